The van der Waals surface area contributed by atoms with Gasteiger partial charge in [0.05, 0.1) is 19.3 Å². The van der Waals surface area contributed by atoms with Crippen molar-refractivity contribution in [3.63, 3.8) is 0 Å². The van der Waals surface area contributed by atoms with Crippen LogP contribution in [0.5, 0.6) is 0 Å². The van der Waals surface area contributed by atoms with Gasteiger partial charge in [0.2, 0.25) is 0 Å². The highest BCUT2D eigenvalue weighted by Gasteiger charge is 2.29. The third kappa shape index (κ3) is 5.24. The molecular formula is C16H28N2O4S. The van der Waals surface area contributed by atoms with Gasteiger partial charge in [-0.05, 0) is 25.0 Å². The molecule has 0 aromatic heterocycles. The fraction of sp³-hybridized carbons (Fsp3) is 0.938. The Bertz CT molecular complexity index is 367. The van der Waals surface area contributed by atoms with Gasteiger partial charge in [0.25, 0.3) is 0 Å². The van der Waals surface area contributed by atoms with E-state index < -0.39 is 0 Å². The Labute approximate surface area is 142 Å². The Kier molecular flexibility index (Phi) is 6.86. The predicted molar refractivity (Wildman–Crippen MR) is 90.0 cm³/mol. The van der Waals surface area contributed by atoms with Gasteiger partial charge in [-0.3, -0.25) is 4.90 Å². The summed E-state index contributed by atoms with van der Waals surface area (Å²) >= 11 is 1.93. The van der Waals surface area contributed by atoms with Crippen LogP contribution in [-0.2, 0) is 14.2 Å². The molecule has 2 atom stereocenters. The molecule has 23 heavy (non-hydrogen) atoms. The summed E-state index contributed by atoms with van der Waals surface area (Å²) in [6, 6.07) is 0.318. The predicted octanol–water partition coefficient (Wildman–Crippen LogP) is 1.44. The summed E-state index contributed by atoms with van der Waals surface area (Å²) in [7, 11) is 0. The molecule has 3 saturated heterocycles. The summed E-state index contributed by atoms with van der Waals surface area (Å²) in [5.74, 6) is 2.16. The van der Waals surface area contributed by atoms with E-state index in [4.69, 9.17) is 14.2 Å². The van der Waals surface area contributed by atoms with E-state index in [9.17, 15) is 4.79 Å². The van der Waals surface area contributed by atoms with Crippen LogP contribution in [0.4, 0.5) is 4.79 Å². The van der Waals surface area contributed by atoms with Gasteiger partial charge in [-0.2, -0.15) is 11.8 Å². The third-order valence-corrected chi connectivity index (χ3v) is 5.90. The van der Waals surface area contributed by atoms with Gasteiger partial charge in [0.15, 0.2) is 0 Å². The van der Waals surface area contributed by atoms with Gasteiger partial charge in [0, 0.05) is 44.6 Å². The lowest BCUT2D eigenvalue weighted by Crippen LogP contribution is -2.47. The van der Waals surface area contributed by atoms with Crippen molar-refractivity contribution in [3.8, 4) is 0 Å². The molecular weight excluding hydrogens is 316 g/mol. The van der Waals surface area contributed by atoms with E-state index >= 15 is 0 Å². The molecule has 3 fully saturated rings. The number of carbonyl (C=O) groups excluding carboxylic acids is 1. The molecule has 0 radical (unpaired) electrons. The van der Waals surface area contributed by atoms with Crippen molar-refractivity contribution in [2.45, 2.75) is 31.4 Å². The monoisotopic (exact) mass is 344 g/mol. The van der Waals surface area contributed by atoms with Crippen molar-refractivity contribution in [1.82, 2.24) is 9.80 Å². The first-order chi connectivity index (χ1) is 11.3. The molecule has 6 nitrogen and oxygen atoms in total. The molecule has 132 valence electrons. The molecule has 3 aliphatic heterocycles. The lowest BCUT2D eigenvalue weighted by atomic mass is 10.2. The van der Waals surface area contributed by atoms with E-state index in [1.807, 2.05) is 16.7 Å². The summed E-state index contributed by atoms with van der Waals surface area (Å²) in [6.07, 6.45) is 3.07. The van der Waals surface area contributed by atoms with Gasteiger partial charge < -0.3 is 19.1 Å². The van der Waals surface area contributed by atoms with Gasteiger partial charge >= 0.3 is 6.09 Å². The van der Waals surface area contributed by atoms with E-state index in [1.54, 1.807) is 0 Å². The summed E-state index contributed by atoms with van der Waals surface area (Å²) < 4.78 is 16.5. The van der Waals surface area contributed by atoms with Crippen LogP contribution < -0.4 is 0 Å². The third-order valence-electron chi connectivity index (χ3n) is 4.76. The van der Waals surface area contributed by atoms with Crippen LogP contribution >= 0.6 is 11.8 Å². The van der Waals surface area contributed by atoms with Crippen molar-refractivity contribution in [3.05, 3.63) is 0 Å². The number of hydrogen-bond acceptors (Lipinski definition) is 6. The highest BCUT2D eigenvalue weighted by atomic mass is 32.2. The minimum Gasteiger partial charge on any atom is -0.447 e. The molecule has 0 N–H and O–H groups in total. The number of rotatable bonds is 6. The van der Waals surface area contributed by atoms with Crippen LogP contribution in [0.25, 0.3) is 0 Å². The number of morpholine rings is 1. The molecule has 3 heterocycles. The van der Waals surface area contributed by atoms with Crippen molar-refractivity contribution in [2.75, 3.05) is 64.1 Å². The fourth-order valence-corrected chi connectivity index (χ4v) is 4.51. The first kappa shape index (κ1) is 17.3. The molecule has 3 rings (SSSR count). The van der Waals surface area contributed by atoms with E-state index in [-0.39, 0.29) is 12.2 Å². The largest absolute Gasteiger partial charge is 0.447 e. The van der Waals surface area contributed by atoms with Crippen LogP contribution in [0.15, 0.2) is 0 Å². The highest BCUT2D eigenvalue weighted by Crippen LogP contribution is 2.23. The first-order valence-electron chi connectivity index (χ1n) is 8.76. The molecule has 0 aromatic rings. The van der Waals surface area contributed by atoms with Crippen LogP contribution in [0.1, 0.15) is 19.3 Å². The quantitative estimate of drug-likeness (QED) is 0.727. The van der Waals surface area contributed by atoms with Gasteiger partial charge in [-0.25, -0.2) is 4.79 Å². The Morgan fingerprint density at radius 3 is 2.83 bits per heavy atom. The first-order valence-corrected chi connectivity index (χ1v) is 9.91. The van der Waals surface area contributed by atoms with Gasteiger partial charge in [0.1, 0.15) is 6.61 Å². The second-order valence-corrected chi connectivity index (χ2v) is 7.53. The molecule has 0 aromatic carbocycles. The maximum absolute atomic E-state index is 12.6. The molecule has 2 unspecified atom stereocenters. The maximum Gasteiger partial charge on any atom is 0.410 e. The molecule has 0 bridgehead atoms. The zero-order valence-electron chi connectivity index (χ0n) is 13.8. The Morgan fingerprint density at radius 2 is 2.13 bits per heavy atom. The zero-order chi connectivity index (χ0) is 15.9. The lowest BCUT2D eigenvalue weighted by molar-refractivity contribution is 0.0161. The van der Waals surface area contributed by atoms with Crippen molar-refractivity contribution in [1.29, 1.82) is 0 Å². The number of hydrogen-bond donors (Lipinski definition) is 0. The van der Waals surface area contributed by atoms with Crippen LogP contribution in [0, 0.1) is 0 Å². The lowest BCUT2D eigenvalue weighted by Gasteiger charge is -2.32. The maximum atomic E-state index is 12.6. The average Bonchev–Trinajstić information content (AvgIpc) is 3.28. The highest BCUT2D eigenvalue weighted by molar-refractivity contribution is 7.99. The van der Waals surface area contributed by atoms with Gasteiger partial charge in [-0.1, -0.05) is 0 Å². The number of ether oxygens (including phenoxy) is 3. The molecule has 0 spiro atoms. The smallest absolute Gasteiger partial charge is 0.410 e. The molecule has 0 aliphatic carbocycles. The van der Waals surface area contributed by atoms with E-state index in [0.29, 0.717) is 12.6 Å². The topological polar surface area (TPSA) is 51.2 Å². The summed E-state index contributed by atoms with van der Waals surface area (Å²) in [5.41, 5.74) is 0. The molecule has 3 aliphatic rings. The second kappa shape index (κ2) is 9.11. The summed E-state index contributed by atoms with van der Waals surface area (Å²) in [5, 5.41) is 0. The van der Waals surface area contributed by atoms with Crippen molar-refractivity contribution >= 4 is 17.9 Å². The van der Waals surface area contributed by atoms with E-state index in [1.165, 1.54) is 0 Å². The standard InChI is InChI=1S/C16H28N2O4S/c19-16(22-12-15-2-1-8-21-15)18(14-3-11-23-13-14)5-4-17-6-9-20-10-7-17/h14-15H,1-13H2. The van der Waals surface area contributed by atoms with Crippen LogP contribution in [0.2, 0.25) is 0 Å². The molecule has 1 amide bonds. The van der Waals surface area contributed by atoms with E-state index in [0.717, 1.165) is 76.8 Å². The Morgan fingerprint density at radius 1 is 1.26 bits per heavy atom. The number of carbonyl (C=O) groups is 1. The minimum absolute atomic E-state index is 0.0954. The van der Waals surface area contributed by atoms with Crippen molar-refractivity contribution in [2.24, 2.45) is 0 Å². The Balaban J connectivity index is 1.48. The summed E-state index contributed by atoms with van der Waals surface area (Å²) in [6.45, 7) is 6.34. The van der Waals surface area contributed by atoms with Crippen molar-refractivity contribution < 1.29 is 19.0 Å². The number of amides is 1. The Hall–Kier alpha value is -0.500. The van der Waals surface area contributed by atoms with Crippen LogP contribution in [0.3, 0.4) is 0 Å². The minimum atomic E-state index is -0.166. The van der Waals surface area contributed by atoms with Gasteiger partial charge in [-0.15, -0.1) is 0 Å². The number of nitrogens with zero attached hydrogens (tertiary/aromatic N) is 2. The summed E-state index contributed by atoms with van der Waals surface area (Å²) in [4.78, 5) is 16.9. The van der Waals surface area contributed by atoms with Crippen LogP contribution in [-0.4, -0.2) is 92.2 Å². The second-order valence-electron chi connectivity index (χ2n) is 6.38. The fourth-order valence-electron chi connectivity index (χ4n) is 3.29. The van der Waals surface area contributed by atoms with E-state index in [2.05, 4.69) is 4.90 Å². The average molecular weight is 344 g/mol. The normalized spacial score (nSPS) is 28.9. The molecule has 0 saturated carbocycles. The zero-order valence-corrected chi connectivity index (χ0v) is 14.6. The molecule has 7 heteroatoms. The number of thioether (sulfide) groups is 1. The SMILES string of the molecule is O=C(OCC1CCCO1)N(CCN1CCOCC1)C1CCSC1.